The van der Waals surface area contributed by atoms with E-state index in [2.05, 4.69) is 16.0 Å². The molecule has 0 bridgehead atoms. The van der Waals surface area contributed by atoms with Crippen molar-refractivity contribution in [2.75, 3.05) is 5.32 Å². The van der Waals surface area contributed by atoms with Crippen LogP contribution in [0.15, 0.2) is 48.5 Å². The third kappa shape index (κ3) is 6.15. The van der Waals surface area contributed by atoms with Gasteiger partial charge in [-0.2, -0.15) is 0 Å². The van der Waals surface area contributed by atoms with E-state index in [0.29, 0.717) is 15.7 Å². The van der Waals surface area contributed by atoms with Crippen LogP contribution in [-0.4, -0.2) is 18.0 Å². The molecule has 7 heteroatoms. The fraction of sp³-hybridized carbons (Fsp3) is 0.300. The molecule has 0 spiro atoms. The molecule has 0 saturated heterocycles. The molecule has 0 fully saturated rings. The van der Waals surface area contributed by atoms with Crippen molar-refractivity contribution in [3.63, 3.8) is 0 Å². The number of para-hydroxylation sites is 1. The first-order valence-electron chi connectivity index (χ1n) is 8.66. The number of hydrogen-bond acceptors (Lipinski definition) is 2. The average Bonchev–Trinajstić information content (AvgIpc) is 2.62. The third-order valence-electron chi connectivity index (χ3n) is 4.07. The van der Waals surface area contributed by atoms with Gasteiger partial charge in [-0.25, -0.2) is 4.79 Å². The summed E-state index contributed by atoms with van der Waals surface area (Å²) in [6.45, 7) is 5.59. The molecular weight excluding hydrogens is 385 g/mol. The van der Waals surface area contributed by atoms with Crippen molar-refractivity contribution in [1.29, 1.82) is 0 Å². The first-order valence-corrected chi connectivity index (χ1v) is 9.41. The second-order valence-electron chi connectivity index (χ2n) is 6.59. The summed E-state index contributed by atoms with van der Waals surface area (Å²) in [7, 11) is 0. The van der Waals surface area contributed by atoms with E-state index >= 15 is 0 Å². The standard InChI is InChI=1S/C20H23Cl2N3O2/c1-12(2)18(25-20(27)24-15-7-5-4-6-8-15)19(26)23-13(3)14-9-10-16(21)17(22)11-14/h4-13,18H,1-3H3,(H,23,26)(H2,24,25,27). The number of urea groups is 1. The number of nitrogens with one attached hydrogen (secondary N) is 3. The van der Waals surface area contributed by atoms with Crippen LogP contribution in [0.1, 0.15) is 32.4 Å². The van der Waals surface area contributed by atoms with E-state index in [4.69, 9.17) is 23.2 Å². The Bertz CT molecular complexity index is 797. The highest BCUT2D eigenvalue weighted by atomic mass is 35.5. The van der Waals surface area contributed by atoms with Crippen molar-refractivity contribution in [3.8, 4) is 0 Å². The molecule has 0 saturated carbocycles. The molecule has 2 aromatic rings. The van der Waals surface area contributed by atoms with Crippen molar-refractivity contribution >= 4 is 40.8 Å². The van der Waals surface area contributed by atoms with Crippen LogP contribution in [-0.2, 0) is 4.79 Å². The quantitative estimate of drug-likeness (QED) is 0.628. The lowest BCUT2D eigenvalue weighted by atomic mass is 10.0. The summed E-state index contributed by atoms with van der Waals surface area (Å²) in [5.41, 5.74) is 1.48. The SMILES string of the molecule is CC(NC(=O)C(NC(=O)Nc1ccccc1)C(C)C)c1ccc(Cl)c(Cl)c1. The number of benzene rings is 2. The van der Waals surface area contributed by atoms with Crippen LogP contribution in [0.25, 0.3) is 0 Å². The molecule has 0 aliphatic rings. The summed E-state index contributed by atoms with van der Waals surface area (Å²) in [6.07, 6.45) is 0. The van der Waals surface area contributed by atoms with Crippen LogP contribution >= 0.6 is 23.2 Å². The maximum atomic E-state index is 12.7. The molecule has 2 aromatic carbocycles. The Morgan fingerprint density at radius 3 is 2.15 bits per heavy atom. The molecule has 3 N–H and O–H groups in total. The van der Waals surface area contributed by atoms with Gasteiger partial charge in [-0.1, -0.05) is 61.3 Å². The van der Waals surface area contributed by atoms with Gasteiger partial charge in [0.2, 0.25) is 5.91 Å². The number of halogens is 2. The minimum atomic E-state index is -0.682. The largest absolute Gasteiger partial charge is 0.348 e. The highest BCUT2D eigenvalue weighted by molar-refractivity contribution is 6.42. The Morgan fingerprint density at radius 1 is 0.889 bits per heavy atom. The number of amides is 3. The molecule has 144 valence electrons. The summed E-state index contributed by atoms with van der Waals surface area (Å²) in [4.78, 5) is 24.9. The predicted molar refractivity (Wildman–Crippen MR) is 110 cm³/mol. The molecule has 0 radical (unpaired) electrons. The maximum absolute atomic E-state index is 12.7. The van der Waals surface area contributed by atoms with Crippen LogP contribution in [0, 0.1) is 5.92 Å². The number of hydrogen-bond donors (Lipinski definition) is 3. The summed E-state index contributed by atoms with van der Waals surface area (Å²) in [5, 5.41) is 9.25. The Morgan fingerprint density at radius 2 is 1.56 bits per heavy atom. The number of carbonyl (C=O) groups is 2. The van der Waals surface area contributed by atoms with Crippen LogP contribution < -0.4 is 16.0 Å². The molecule has 0 heterocycles. The predicted octanol–water partition coefficient (Wildman–Crippen LogP) is 5.02. The van der Waals surface area contributed by atoms with Gasteiger partial charge in [0.25, 0.3) is 0 Å². The van der Waals surface area contributed by atoms with E-state index in [9.17, 15) is 9.59 Å². The molecule has 2 atom stereocenters. The van der Waals surface area contributed by atoms with Crippen LogP contribution in [0.2, 0.25) is 10.0 Å². The first kappa shape index (κ1) is 21.1. The lowest BCUT2D eigenvalue weighted by molar-refractivity contribution is -0.124. The van der Waals surface area contributed by atoms with Crippen LogP contribution in [0.5, 0.6) is 0 Å². The maximum Gasteiger partial charge on any atom is 0.319 e. The highest BCUT2D eigenvalue weighted by Gasteiger charge is 2.25. The van der Waals surface area contributed by atoms with Gasteiger partial charge in [-0.3, -0.25) is 4.79 Å². The Labute approximate surface area is 169 Å². The Balaban J connectivity index is 2.01. The van der Waals surface area contributed by atoms with Crippen molar-refractivity contribution in [1.82, 2.24) is 10.6 Å². The lowest BCUT2D eigenvalue weighted by Crippen LogP contribution is -2.51. The Kier molecular flexibility index (Phi) is 7.51. The van der Waals surface area contributed by atoms with E-state index in [-0.39, 0.29) is 17.9 Å². The molecule has 2 unspecified atom stereocenters. The van der Waals surface area contributed by atoms with Gasteiger partial charge in [0.05, 0.1) is 16.1 Å². The molecule has 27 heavy (non-hydrogen) atoms. The molecule has 0 aliphatic carbocycles. The number of rotatable bonds is 6. The molecule has 3 amide bonds. The zero-order chi connectivity index (χ0) is 20.0. The minimum Gasteiger partial charge on any atom is -0.348 e. The lowest BCUT2D eigenvalue weighted by Gasteiger charge is -2.24. The minimum absolute atomic E-state index is 0.0903. The average molecular weight is 408 g/mol. The van der Waals surface area contributed by atoms with Crippen molar-refractivity contribution in [2.24, 2.45) is 5.92 Å². The first-order chi connectivity index (χ1) is 12.8. The van der Waals surface area contributed by atoms with E-state index < -0.39 is 12.1 Å². The monoisotopic (exact) mass is 407 g/mol. The van der Waals surface area contributed by atoms with Crippen molar-refractivity contribution < 1.29 is 9.59 Å². The fourth-order valence-electron chi connectivity index (χ4n) is 2.53. The van der Waals surface area contributed by atoms with E-state index in [0.717, 1.165) is 5.56 Å². The molecule has 2 rings (SSSR count). The highest BCUT2D eigenvalue weighted by Crippen LogP contribution is 2.25. The van der Waals surface area contributed by atoms with Gasteiger partial charge < -0.3 is 16.0 Å². The van der Waals surface area contributed by atoms with E-state index in [1.807, 2.05) is 39.0 Å². The van der Waals surface area contributed by atoms with Crippen LogP contribution in [0.4, 0.5) is 10.5 Å². The zero-order valence-electron chi connectivity index (χ0n) is 15.4. The topological polar surface area (TPSA) is 70.2 Å². The number of anilines is 1. The van der Waals surface area contributed by atoms with Crippen molar-refractivity contribution in [2.45, 2.75) is 32.9 Å². The van der Waals surface area contributed by atoms with Gasteiger partial charge in [-0.05, 0) is 42.7 Å². The van der Waals surface area contributed by atoms with Gasteiger partial charge in [0.1, 0.15) is 6.04 Å². The second kappa shape index (κ2) is 9.62. The smallest absolute Gasteiger partial charge is 0.319 e. The molecule has 0 aromatic heterocycles. The third-order valence-corrected chi connectivity index (χ3v) is 4.81. The molecular formula is C20H23Cl2N3O2. The van der Waals surface area contributed by atoms with Gasteiger partial charge in [-0.15, -0.1) is 0 Å². The Hall–Kier alpha value is -2.24. The van der Waals surface area contributed by atoms with Gasteiger partial charge >= 0.3 is 6.03 Å². The summed E-state index contributed by atoms with van der Waals surface area (Å²) in [5.74, 6) is -0.362. The zero-order valence-corrected chi connectivity index (χ0v) is 16.9. The normalized spacial score (nSPS) is 13.0. The summed E-state index contributed by atoms with van der Waals surface area (Å²) >= 11 is 12.0. The van der Waals surface area contributed by atoms with Gasteiger partial charge in [0.15, 0.2) is 0 Å². The number of carbonyl (C=O) groups excluding carboxylic acids is 2. The van der Waals surface area contributed by atoms with Crippen molar-refractivity contribution in [3.05, 3.63) is 64.1 Å². The summed E-state index contributed by atoms with van der Waals surface area (Å²) < 4.78 is 0. The van der Waals surface area contributed by atoms with Crippen LogP contribution in [0.3, 0.4) is 0 Å². The van der Waals surface area contributed by atoms with E-state index in [1.165, 1.54) is 0 Å². The summed E-state index contributed by atoms with van der Waals surface area (Å²) in [6, 6.07) is 12.9. The van der Waals surface area contributed by atoms with Gasteiger partial charge in [0, 0.05) is 5.69 Å². The molecule has 5 nitrogen and oxygen atoms in total. The van der Waals surface area contributed by atoms with E-state index in [1.54, 1.807) is 30.3 Å². The fourth-order valence-corrected chi connectivity index (χ4v) is 2.84. The molecule has 0 aliphatic heterocycles. The second-order valence-corrected chi connectivity index (χ2v) is 7.40.